The summed E-state index contributed by atoms with van der Waals surface area (Å²) < 4.78 is 12.0. The summed E-state index contributed by atoms with van der Waals surface area (Å²) in [7, 11) is -1.04. The first-order valence-electron chi connectivity index (χ1n) is 6.84. The maximum atomic E-state index is 6.09. The highest BCUT2D eigenvalue weighted by molar-refractivity contribution is 6.75. The van der Waals surface area contributed by atoms with Crippen LogP contribution < -0.4 is 10.5 Å². The number of ether oxygens (including phenoxy) is 1. The van der Waals surface area contributed by atoms with E-state index in [4.69, 9.17) is 14.6 Å². The van der Waals surface area contributed by atoms with Crippen LogP contribution in [-0.4, -0.2) is 24.2 Å². The zero-order valence-corrected chi connectivity index (χ0v) is 14.4. The highest BCUT2D eigenvalue weighted by Crippen LogP contribution is 2.23. The standard InChI is InChI=1S/C14H25NO2Si2/c1-5-6-14(11-19(3,4)17-18-2)16-13-9-7-12(15)8-10-13/h7-10,14H,5-6,11,15H2,1-4H3. The molecule has 1 rings (SSSR count). The lowest BCUT2D eigenvalue weighted by atomic mass is 10.2. The Balaban J connectivity index is 2.64. The Morgan fingerprint density at radius 1 is 1.26 bits per heavy atom. The van der Waals surface area contributed by atoms with E-state index in [2.05, 4.69) is 26.6 Å². The van der Waals surface area contributed by atoms with Crippen molar-refractivity contribution < 1.29 is 8.85 Å². The molecule has 3 nitrogen and oxygen atoms in total. The predicted octanol–water partition coefficient (Wildman–Crippen LogP) is 3.71. The van der Waals surface area contributed by atoms with E-state index >= 15 is 0 Å². The van der Waals surface area contributed by atoms with E-state index < -0.39 is 8.32 Å². The summed E-state index contributed by atoms with van der Waals surface area (Å²) in [5.41, 5.74) is 6.46. The van der Waals surface area contributed by atoms with Gasteiger partial charge in [0.25, 0.3) is 0 Å². The molecule has 1 unspecified atom stereocenters. The Morgan fingerprint density at radius 3 is 2.42 bits per heavy atom. The Bertz CT molecular complexity index is 368. The summed E-state index contributed by atoms with van der Waals surface area (Å²) >= 11 is 0. The molecule has 0 amide bonds. The fourth-order valence-corrected chi connectivity index (χ4v) is 6.06. The zero-order chi connectivity index (χ0) is 14.3. The third-order valence-electron chi connectivity index (χ3n) is 2.89. The van der Waals surface area contributed by atoms with Crippen molar-refractivity contribution in [2.45, 2.75) is 51.6 Å². The minimum Gasteiger partial charge on any atom is -0.491 e. The van der Waals surface area contributed by atoms with Crippen LogP contribution in [0.2, 0.25) is 25.7 Å². The summed E-state index contributed by atoms with van der Waals surface area (Å²) in [6, 6.07) is 8.67. The molecular weight excluding hydrogens is 270 g/mol. The molecular formula is C14H25NO2Si2. The lowest BCUT2D eigenvalue weighted by Crippen LogP contribution is -2.37. The fourth-order valence-electron chi connectivity index (χ4n) is 2.13. The molecule has 106 valence electrons. The Morgan fingerprint density at radius 2 is 1.89 bits per heavy atom. The molecule has 2 N–H and O–H groups in total. The lowest BCUT2D eigenvalue weighted by Gasteiger charge is -2.28. The van der Waals surface area contributed by atoms with Gasteiger partial charge < -0.3 is 14.6 Å². The van der Waals surface area contributed by atoms with Gasteiger partial charge in [0.15, 0.2) is 8.32 Å². The van der Waals surface area contributed by atoms with Gasteiger partial charge in [0.2, 0.25) is 9.76 Å². The molecule has 0 aromatic heterocycles. The maximum absolute atomic E-state index is 6.09. The summed E-state index contributed by atoms with van der Waals surface area (Å²) in [6.07, 6.45) is 2.43. The molecule has 2 radical (unpaired) electrons. The van der Waals surface area contributed by atoms with Gasteiger partial charge >= 0.3 is 0 Å². The number of nitrogen functional groups attached to an aromatic ring is 1. The third-order valence-corrected chi connectivity index (χ3v) is 7.36. The second-order valence-electron chi connectivity index (χ2n) is 5.37. The summed E-state index contributed by atoms with van der Waals surface area (Å²) in [5.74, 6) is 0.899. The van der Waals surface area contributed by atoms with E-state index in [1.807, 2.05) is 24.3 Å². The largest absolute Gasteiger partial charge is 0.491 e. The number of nitrogens with two attached hydrogens (primary N) is 1. The molecule has 5 heteroatoms. The van der Waals surface area contributed by atoms with Gasteiger partial charge in [0.1, 0.15) is 5.75 Å². The maximum Gasteiger partial charge on any atom is 0.211 e. The van der Waals surface area contributed by atoms with E-state index in [-0.39, 0.29) is 6.10 Å². The zero-order valence-electron chi connectivity index (χ0n) is 12.4. The van der Waals surface area contributed by atoms with Crippen LogP contribution in [0.15, 0.2) is 24.3 Å². The summed E-state index contributed by atoms with van der Waals surface area (Å²) in [4.78, 5) is 0. The van der Waals surface area contributed by atoms with Crippen molar-refractivity contribution in [2.75, 3.05) is 5.73 Å². The number of rotatable bonds is 8. The fraction of sp³-hybridized carbons (Fsp3) is 0.571. The van der Waals surface area contributed by atoms with Gasteiger partial charge in [0, 0.05) is 11.7 Å². The van der Waals surface area contributed by atoms with Crippen LogP contribution in [0.25, 0.3) is 0 Å². The lowest BCUT2D eigenvalue weighted by molar-refractivity contribution is 0.204. The molecule has 1 aromatic carbocycles. The molecule has 0 aliphatic heterocycles. The molecule has 19 heavy (non-hydrogen) atoms. The number of anilines is 1. The van der Waals surface area contributed by atoms with E-state index in [1.54, 1.807) is 0 Å². The second-order valence-corrected chi connectivity index (χ2v) is 10.5. The van der Waals surface area contributed by atoms with Crippen LogP contribution in [0.5, 0.6) is 5.75 Å². The smallest absolute Gasteiger partial charge is 0.211 e. The summed E-state index contributed by atoms with van der Waals surface area (Å²) in [6.45, 7) is 8.80. The van der Waals surface area contributed by atoms with E-state index in [0.717, 1.165) is 30.3 Å². The predicted molar refractivity (Wildman–Crippen MR) is 85.2 cm³/mol. The third kappa shape index (κ3) is 6.27. The van der Waals surface area contributed by atoms with Gasteiger partial charge in [-0.15, -0.1) is 0 Å². The SMILES string of the molecule is CCCC(C[Si](C)(C)O[Si]C)Oc1ccc(N)cc1. The molecule has 1 atom stereocenters. The Labute approximate surface area is 120 Å². The molecule has 0 aliphatic rings. The van der Waals surface area contributed by atoms with Crippen molar-refractivity contribution in [1.29, 1.82) is 0 Å². The number of hydrogen-bond donors (Lipinski definition) is 1. The van der Waals surface area contributed by atoms with E-state index in [1.165, 1.54) is 0 Å². The van der Waals surface area contributed by atoms with Crippen molar-refractivity contribution in [1.82, 2.24) is 0 Å². The van der Waals surface area contributed by atoms with Crippen molar-refractivity contribution in [3.8, 4) is 5.75 Å². The first kappa shape index (κ1) is 16.3. The number of hydrogen-bond acceptors (Lipinski definition) is 3. The van der Waals surface area contributed by atoms with Gasteiger partial charge in [-0.25, -0.2) is 0 Å². The van der Waals surface area contributed by atoms with Crippen molar-refractivity contribution in [3.63, 3.8) is 0 Å². The monoisotopic (exact) mass is 295 g/mol. The normalized spacial score (nSPS) is 13.3. The second kappa shape index (κ2) is 7.72. The van der Waals surface area contributed by atoms with Crippen molar-refractivity contribution in [3.05, 3.63) is 24.3 Å². The van der Waals surface area contributed by atoms with Crippen LogP contribution in [0.3, 0.4) is 0 Å². The topological polar surface area (TPSA) is 44.5 Å². The van der Waals surface area contributed by atoms with Gasteiger partial charge in [-0.3, -0.25) is 0 Å². The molecule has 1 aromatic rings. The van der Waals surface area contributed by atoms with E-state index in [9.17, 15) is 0 Å². The minimum atomic E-state index is -1.61. The first-order valence-corrected chi connectivity index (χ1v) is 11.4. The molecule has 0 fully saturated rings. The van der Waals surface area contributed by atoms with Crippen LogP contribution >= 0.6 is 0 Å². The quantitative estimate of drug-likeness (QED) is 0.587. The van der Waals surface area contributed by atoms with Crippen LogP contribution in [0.4, 0.5) is 5.69 Å². The Hall–Kier alpha value is -0.786. The van der Waals surface area contributed by atoms with Crippen LogP contribution in [0, 0.1) is 0 Å². The molecule has 0 aliphatic carbocycles. The summed E-state index contributed by atoms with van der Waals surface area (Å²) in [5, 5.41) is 0. The van der Waals surface area contributed by atoms with Gasteiger partial charge in [-0.2, -0.15) is 0 Å². The van der Waals surface area contributed by atoms with Crippen LogP contribution in [0.1, 0.15) is 19.8 Å². The average molecular weight is 296 g/mol. The van der Waals surface area contributed by atoms with Gasteiger partial charge in [-0.05, 0) is 50.3 Å². The molecule has 0 bridgehead atoms. The molecule has 0 heterocycles. The highest BCUT2D eigenvalue weighted by Gasteiger charge is 2.27. The average Bonchev–Trinajstić information content (AvgIpc) is 2.31. The van der Waals surface area contributed by atoms with Crippen LogP contribution in [-0.2, 0) is 4.12 Å². The minimum absolute atomic E-state index is 0.242. The van der Waals surface area contributed by atoms with Crippen molar-refractivity contribution >= 4 is 23.8 Å². The highest BCUT2D eigenvalue weighted by atomic mass is 28.4. The van der Waals surface area contributed by atoms with Crippen molar-refractivity contribution in [2.24, 2.45) is 0 Å². The Kier molecular flexibility index (Phi) is 6.61. The van der Waals surface area contributed by atoms with E-state index in [0.29, 0.717) is 9.76 Å². The first-order chi connectivity index (χ1) is 8.96. The number of benzene rings is 1. The van der Waals surface area contributed by atoms with Gasteiger partial charge in [0.05, 0.1) is 6.10 Å². The molecule has 0 saturated carbocycles. The van der Waals surface area contributed by atoms with Gasteiger partial charge in [-0.1, -0.05) is 13.3 Å². The molecule has 0 spiro atoms. The molecule has 0 saturated heterocycles.